The van der Waals surface area contributed by atoms with Gasteiger partial charge in [-0.05, 0) is 18.2 Å². The van der Waals surface area contributed by atoms with E-state index in [0.29, 0.717) is 22.2 Å². The van der Waals surface area contributed by atoms with Crippen molar-refractivity contribution in [2.45, 2.75) is 13.8 Å². The number of hydrogen-bond donors (Lipinski definition) is 1. The summed E-state index contributed by atoms with van der Waals surface area (Å²) in [5.74, 6) is -0.628. The lowest BCUT2D eigenvalue weighted by molar-refractivity contribution is -0.131. The highest BCUT2D eigenvalue weighted by molar-refractivity contribution is 6.05. The van der Waals surface area contributed by atoms with Crippen molar-refractivity contribution < 1.29 is 19.5 Å². The van der Waals surface area contributed by atoms with Crippen molar-refractivity contribution >= 4 is 28.5 Å². The zero-order valence-electron chi connectivity index (χ0n) is 13.6. The van der Waals surface area contributed by atoms with E-state index in [-0.39, 0.29) is 22.6 Å². The zero-order valence-corrected chi connectivity index (χ0v) is 13.6. The topological polar surface area (TPSA) is 94.8 Å². The van der Waals surface area contributed by atoms with Crippen LogP contribution in [0.25, 0.3) is 22.2 Å². The quantitative estimate of drug-likeness (QED) is 0.579. The van der Waals surface area contributed by atoms with Crippen molar-refractivity contribution in [3.8, 4) is 17.0 Å². The van der Waals surface area contributed by atoms with Crippen LogP contribution in [0.1, 0.15) is 18.6 Å². The van der Waals surface area contributed by atoms with E-state index in [1.807, 2.05) is 6.07 Å². The normalized spacial score (nSPS) is 10.7. The summed E-state index contributed by atoms with van der Waals surface area (Å²) in [6.45, 7) is 2.64. The largest absolute Gasteiger partial charge is 0.733 e. The van der Waals surface area contributed by atoms with Gasteiger partial charge in [-0.25, -0.2) is 0 Å². The second-order valence-electron chi connectivity index (χ2n) is 5.47. The van der Waals surface area contributed by atoms with Gasteiger partial charge in [0.05, 0.1) is 16.9 Å². The number of carbonyl (C=O) groups excluding carboxylic acids is 2. The Morgan fingerprint density at radius 3 is 2.36 bits per heavy atom. The predicted molar refractivity (Wildman–Crippen MR) is 92.6 cm³/mol. The third-order valence-electron chi connectivity index (χ3n) is 3.73. The van der Waals surface area contributed by atoms with Crippen LogP contribution in [0.15, 0.2) is 48.5 Å². The number of rotatable bonds is 3. The molecule has 7 nitrogen and oxygen atoms in total. The van der Waals surface area contributed by atoms with E-state index >= 15 is 0 Å². The molecule has 0 bridgehead atoms. The Labute approximate surface area is 143 Å². The molecule has 0 saturated carbocycles. The fraction of sp³-hybridized carbons (Fsp3) is 0.111. The van der Waals surface area contributed by atoms with Gasteiger partial charge in [-0.3, -0.25) is 19.4 Å². The van der Waals surface area contributed by atoms with Gasteiger partial charge in [0.15, 0.2) is 5.75 Å². The van der Waals surface area contributed by atoms with Crippen molar-refractivity contribution in [3.05, 3.63) is 53.7 Å². The van der Waals surface area contributed by atoms with Crippen molar-refractivity contribution in [1.29, 1.82) is 0 Å². The van der Waals surface area contributed by atoms with Gasteiger partial charge < -0.3 is 15.2 Å². The predicted octanol–water partition coefficient (Wildman–Crippen LogP) is 3.59. The molecule has 0 spiro atoms. The van der Waals surface area contributed by atoms with Gasteiger partial charge in [-0.15, -0.1) is 0 Å². The second kappa shape index (κ2) is 6.39. The highest BCUT2D eigenvalue weighted by Gasteiger charge is 2.23. The summed E-state index contributed by atoms with van der Waals surface area (Å²) >= 11 is 0. The molecule has 1 N–H and O–H groups in total. The van der Waals surface area contributed by atoms with E-state index in [4.69, 9.17) is 9.94 Å². The molecular weight excluding hydrogens is 324 g/mol. The van der Waals surface area contributed by atoms with Crippen molar-refractivity contribution in [2.75, 3.05) is 5.23 Å². The van der Waals surface area contributed by atoms with Crippen LogP contribution in [0.5, 0.6) is 5.75 Å². The number of hydrogen-bond acceptors (Lipinski definition) is 6. The maximum Gasteiger partial charge on any atom is 0.308 e. The first-order valence-corrected chi connectivity index (χ1v) is 7.49. The summed E-state index contributed by atoms with van der Waals surface area (Å²) in [5.41, 5.74) is 1.40. The Hall–Kier alpha value is -3.16. The molecule has 0 radical (unpaired) electrons. The van der Waals surface area contributed by atoms with E-state index in [0.717, 1.165) is 0 Å². The number of ether oxygens (including phenoxy) is 1. The van der Waals surface area contributed by atoms with Crippen LogP contribution >= 0.6 is 0 Å². The van der Waals surface area contributed by atoms with E-state index in [1.54, 1.807) is 24.3 Å². The van der Waals surface area contributed by atoms with Crippen LogP contribution in [-0.2, 0) is 4.79 Å². The fourth-order valence-corrected chi connectivity index (χ4v) is 2.80. The first-order valence-electron chi connectivity index (χ1n) is 7.49. The number of fused-ring (bicyclic) bond motifs is 1. The minimum atomic E-state index is -0.531. The van der Waals surface area contributed by atoms with E-state index in [1.165, 1.54) is 36.6 Å². The van der Waals surface area contributed by atoms with Crippen molar-refractivity contribution in [1.82, 2.24) is 4.57 Å². The van der Waals surface area contributed by atoms with E-state index in [2.05, 4.69) is 0 Å². The number of nitrogens with zero attached hydrogens (tertiary/aromatic N) is 2. The Morgan fingerprint density at radius 2 is 1.80 bits per heavy atom. The summed E-state index contributed by atoms with van der Waals surface area (Å²) in [6, 6.07) is 13.3. The van der Waals surface area contributed by atoms with Gasteiger partial charge in [0.1, 0.15) is 0 Å². The van der Waals surface area contributed by atoms with Crippen LogP contribution in [0.4, 0.5) is 5.69 Å². The molecule has 3 aromatic rings. The van der Waals surface area contributed by atoms with Crippen molar-refractivity contribution in [2.24, 2.45) is 0 Å². The van der Waals surface area contributed by atoms with Gasteiger partial charge in [0, 0.05) is 24.8 Å². The molecule has 1 heterocycles. The van der Waals surface area contributed by atoms with Gasteiger partial charge in [-0.1, -0.05) is 30.3 Å². The first kappa shape index (κ1) is 16.7. The van der Waals surface area contributed by atoms with Gasteiger partial charge in [0.25, 0.3) is 0 Å². The standard InChI is InChI=1S/C18H15N2O5/c1-11(21)19-16-10-14(20(23)24)8-9-15(16)18(25-12(2)22)17(19)13-6-4-3-5-7-13/h3-10,23H,1-2H3/q-1. The Bertz CT molecular complexity index is 961. The summed E-state index contributed by atoms with van der Waals surface area (Å²) < 4.78 is 6.74. The molecule has 0 aliphatic carbocycles. The summed E-state index contributed by atoms with van der Waals surface area (Å²) in [7, 11) is 0. The third kappa shape index (κ3) is 2.98. The van der Waals surface area contributed by atoms with Crippen LogP contribution < -0.4 is 9.96 Å². The molecule has 7 heteroatoms. The molecule has 128 valence electrons. The number of anilines is 1. The zero-order chi connectivity index (χ0) is 18.1. The number of carbonyl (C=O) groups is 2. The smallest absolute Gasteiger partial charge is 0.308 e. The average molecular weight is 339 g/mol. The molecule has 0 aliphatic rings. The molecule has 0 aliphatic heterocycles. The lowest BCUT2D eigenvalue weighted by atomic mass is 10.1. The van der Waals surface area contributed by atoms with Gasteiger partial charge >= 0.3 is 5.97 Å². The van der Waals surface area contributed by atoms with Gasteiger partial charge in [-0.2, -0.15) is 0 Å². The molecule has 0 fully saturated rings. The summed E-state index contributed by atoms with van der Waals surface area (Å²) in [6.07, 6.45) is 0. The second-order valence-corrected chi connectivity index (χ2v) is 5.47. The van der Waals surface area contributed by atoms with E-state index < -0.39 is 5.97 Å². The van der Waals surface area contributed by atoms with Crippen molar-refractivity contribution in [3.63, 3.8) is 0 Å². The minimum absolute atomic E-state index is 0.0403. The molecule has 0 amide bonds. The monoisotopic (exact) mass is 339 g/mol. The highest BCUT2D eigenvalue weighted by atomic mass is 16.8. The van der Waals surface area contributed by atoms with Gasteiger partial charge in [0.2, 0.25) is 5.91 Å². The van der Waals surface area contributed by atoms with Crippen LogP contribution in [0, 0.1) is 5.21 Å². The molecule has 2 aromatic carbocycles. The molecule has 3 rings (SSSR count). The third-order valence-corrected chi connectivity index (χ3v) is 3.73. The minimum Gasteiger partial charge on any atom is -0.733 e. The summed E-state index contributed by atoms with van der Waals surface area (Å²) in [5, 5.41) is 20.5. The van der Waals surface area contributed by atoms with Crippen LogP contribution in [0.3, 0.4) is 0 Å². The number of esters is 1. The Balaban J connectivity index is 2.43. The molecule has 0 unspecified atom stereocenters. The fourth-order valence-electron chi connectivity index (χ4n) is 2.80. The molecule has 0 atom stereocenters. The Morgan fingerprint density at radius 1 is 1.12 bits per heavy atom. The molecular formula is C18H15N2O5-. The number of benzene rings is 2. The molecule has 25 heavy (non-hydrogen) atoms. The highest BCUT2D eigenvalue weighted by Crippen LogP contribution is 2.41. The number of aromatic nitrogens is 1. The average Bonchev–Trinajstić information content (AvgIpc) is 2.88. The maximum atomic E-state index is 12.3. The maximum absolute atomic E-state index is 12.3. The Kier molecular flexibility index (Phi) is 4.26. The van der Waals surface area contributed by atoms with Crippen LogP contribution in [0.2, 0.25) is 0 Å². The lowest BCUT2D eigenvalue weighted by Crippen LogP contribution is -2.10. The molecule has 0 saturated heterocycles. The van der Waals surface area contributed by atoms with E-state index in [9.17, 15) is 14.8 Å². The molecule has 1 aromatic heterocycles. The first-order chi connectivity index (χ1) is 11.9. The lowest BCUT2D eigenvalue weighted by Gasteiger charge is -2.21. The SMILES string of the molecule is CC(=O)Oc1c(-c2ccccc2)n(C(C)=O)c2cc(N([O-])O)ccc12. The summed E-state index contributed by atoms with van der Waals surface area (Å²) in [4.78, 5) is 23.9. The van der Waals surface area contributed by atoms with Crippen LogP contribution in [-0.4, -0.2) is 21.7 Å².